The third-order valence-electron chi connectivity index (χ3n) is 2.39. The van der Waals surface area contributed by atoms with Crippen molar-refractivity contribution >= 4 is 5.91 Å². The monoisotopic (exact) mass is 274 g/mol. The Hall–Kier alpha value is -2.29. The molecule has 2 aromatic rings. The fourth-order valence-electron chi connectivity index (χ4n) is 1.49. The van der Waals surface area contributed by atoms with Crippen LogP contribution in [-0.4, -0.2) is 15.7 Å². The normalized spacial score (nSPS) is 11.6. The third kappa shape index (κ3) is 2.76. The van der Waals surface area contributed by atoms with Crippen molar-refractivity contribution in [3.63, 3.8) is 0 Å². The SMILES string of the molecule is NNC(=O)c1ccoc1Cn1cc(C(F)(F)F)cn1. The Kier molecular flexibility index (Phi) is 3.30. The molecule has 0 radical (unpaired) electrons. The first-order chi connectivity index (χ1) is 8.91. The largest absolute Gasteiger partial charge is 0.467 e. The van der Waals surface area contributed by atoms with E-state index in [2.05, 4.69) is 5.10 Å². The average molecular weight is 274 g/mol. The Morgan fingerprint density at radius 3 is 2.84 bits per heavy atom. The molecule has 2 rings (SSSR count). The lowest BCUT2D eigenvalue weighted by Gasteiger charge is -2.03. The molecule has 6 nitrogen and oxygen atoms in total. The molecular weight excluding hydrogens is 265 g/mol. The van der Waals surface area contributed by atoms with Gasteiger partial charge in [0, 0.05) is 6.20 Å². The summed E-state index contributed by atoms with van der Waals surface area (Å²) in [6.45, 7) is -0.105. The van der Waals surface area contributed by atoms with E-state index < -0.39 is 17.6 Å². The summed E-state index contributed by atoms with van der Waals surface area (Å²) in [6.07, 6.45) is -1.69. The molecule has 9 heteroatoms. The zero-order chi connectivity index (χ0) is 14.0. The molecule has 0 saturated heterocycles. The summed E-state index contributed by atoms with van der Waals surface area (Å²) < 4.78 is 43.2. The molecular formula is C10H9F3N4O2. The van der Waals surface area contributed by atoms with Crippen LogP contribution in [0.2, 0.25) is 0 Å². The second kappa shape index (κ2) is 4.76. The van der Waals surface area contributed by atoms with Gasteiger partial charge in [-0.2, -0.15) is 18.3 Å². The van der Waals surface area contributed by atoms with Crippen molar-refractivity contribution in [3.8, 4) is 0 Å². The minimum Gasteiger partial charge on any atom is -0.467 e. The lowest BCUT2D eigenvalue weighted by molar-refractivity contribution is -0.137. The number of nitrogens with two attached hydrogens (primary N) is 1. The number of rotatable bonds is 3. The van der Waals surface area contributed by atoms with Crippen molar-refractivity contribution in [1.29, 1.82) is 0 Å². The number of nitrogens with zero attached hydrogens (tertiary/aromatic N) is 2. The third-order valence-corrected chi connectivity index (χ3v) is 2.39. The minimum atomic E-state index is -4.46. The second-order valence-corrected chi connectivity index (χ2v) is 3.66. The number of furan rings is 1. The summed E-state index contributed by atoms with van der Waals surface area (Å²) in [5.41, 5.74) is 1.19. The van der Waals surface area contributed by atoms with Crippen molar-refractivity contribution in [2.24, 2.45) is 5.84 Å². The average Bonchev–Trinajstić information content (AvgIpc) is 2.97. The Bertz CT molecular complexity index is 588. The molecule has 0 spiro atoms. The number of nitrogens with one attached hydrogen (secondary N) is 1. The van der Waals surface area contributed by atoms with Crippen LogP contribution in [0.4, 0.5) is 13.2 Å². The van der Waals surface area contributed by atoms with Gasteiger partial charge in [-0.1, -0.05) is 0 Å². The number of amides is 1. The number of carbonyl (C=O) groups excluding carboxylic acids is 1. The van der Waals surface area contributed by atoms with Gasteiger partial charge < -0.3 is 4.42 Å². The lowest BCUT2D eigenvalue weighted by Crippen LogP contribution is -2.30. The van der Waals surface area contributed by atoms with E-state index in [0.717, 1.165) is 10.9 Å². The van der Waals surface area contributed by atoms with Crippen LogP contribution in [0.15, 0.2) is 29.1 Å². The van der Waals surface area contributed by atoms with Crippen molar-refractivity contribution in [1.82, 2.24) is 15.2 Å². The van der Waals surface area contributed by atoms with E-state index >= 15 is 0 Å². The van der Waals surface area contributed by atoms with Crippen LogP contribution in [0.25, 0.3) is 0 Å². The first-order valence-electron chi connectivity index (χ1n) is 5.09. The van der Waals surface area contributed by atoms with Crippen molar-refractivity contribution in [2.75, 3.05) is 0 Å². The van der Waals surface area contributed by atoms with Crippen molar-refractivity contribution in [3.05, 3.63) is 41.6 Å². The van der Waals surface area contributed by atoms with E-state index in [1.807, 2.05) is 5.43 Å². The number of aromatic nitrogens is 2. The van der Waals surface area contributed by atoms with Crippen LogP contribution in [0.3, 0.4) is 0 Å². The number of carbonyl (C=O) groups is 1. The summed E-state index contributed by atoms with van der Waals surface area (Å²) in [5, 5.41) is 3.56. The van der Waals surface area contributed by atoms with E-state index in [-0.39, 0.29) is 17.9 Å². The highest BCUT2D eigenvalue weighted by Crippen LogP contribution is 2.28. The zero-order valence-corrected chi connectivity index (χ0v) is 9.44. The van der Waals surface area contributed by atoms with Gasteiger partial charge in [0.05, 0.1) is 30.1 Å². The van der Waals surface area contributed by atoms with Gasteiger partial charge in [0.1, 0.15) is 5.76 Å². The highest BCUT2D eigenvalue weighted by atomic mass is 19.4. The summed E-state index contributed by atoms with van der Waals surface area (Å²) in [7, 11) is 0. The predicted molar refractivity (Wildman–Crippen MR) is 56.7 cm³/mol. The molecule has 0 aliphatic carbocycles. The van der Waals surface area contributed by atoms with E-state index in [9.17, 15) is 18.0 Å². The molecule has 2 heterocycles. The molecule has 0 unspecified atom stereocenters. The van der Waals surface area contributed by atoms with Gasteiger partial charge in [-0.25, -0.2) is 5.84 Å². The Labute approximate surface area is 105 Å². The van der Waals surface area contributed by atoms with Gasteiger partial charge in [-0.05, 0) is 6.07 Å². The molecule has 2 aromatic heterocycles. The van der Waals surface area contributed by atoms with E-state index in [1.54, 1.807) is 0 Å². The van der Waals surface area contributed by atoms with Crippen LogP contribution in [0.1, 0.15) is 21.7 Å². The zero-order valence-electron chi connectivity index (χ0n) is 9.44. The smallest absolute Gasteiger partial charge is 0.419 e. The maximum absolute atomic E-state index is 12.4. The predicted octanol–water partition coefficient (Wildman–Crippen LogP) is 1.15. The Balaban J connectivity index is 2.20. The van der Waals surface area contributed by atoms with E-state index in [4.69, 9.17) is 10.3 Å². The van der Waals surface area contributed by atoms with Gasteiger partial charge in [-0.3, -0.25) is 14.9 Å². The first kappa shape index (κ1) is 13.1. The topological polar surface area (TPSA) is 86.1 Å². The van der Waals surface area contributed by atoms with Crippen LogP contribution in [0.5, 0.6) is 0 Å². The summed E-state index contributed by atoms with van der Waals surface area (Å²) in [5.74, 6) is 4.55. The number of hydrazine groups is 1. The summed E-state index contributed by atoms with van der Waals surface area (Å²) in [6, 6.07) is 1.37. The van der Waals surface area contributed by atoms with E-state index in [0.29, 0.717) is 6.20 Å². The van der Waals surface area contributed by atoms with Gasteiger partial charge >= 0.3 is 6.18 Å². The second-order valence-electron chi connectivity index (χ2n) is 3.66. The molecule has 0 aliphatic heterocycles. The quantitative estimate of drug-likeness (QED) is 0.499. The molecule has 1 amide bonds. The number of nitrogen functional groups attached to an aromatic ring is 1. The van der Waals surface area contributed by atoms with Crippen molar-refractivity contribution < 1.29 is 22.4 Å². The molecule has 3 N–H and O–H groups in total. The first-order valence-corrected chi connectivity index (χ1v) is 5.09. The number of hydrogen-bond acceptors (Lipinski definition) is 4. The van der Waals surface area contributed by atoms with Crippen LogP contribution in [-0.2, 0) is 12.7 Å². The number of hydrogen-bond donors (Lipinski definition) is 2. The fourth-order valence-corrected chi connectivity index (χ4v) is 1.49. The molecule has 0 aromatic carbocycles. The Morgan fingerprint density at radius 1 is 1.53 bits per heavy atom. The van der Waals surface area contributed by atoms with Gasteiger partial charge in [0.25, 0.3) is 5.91 Å². The van der Waals surface area contributed by atoms with Crippen molar-refractivity contribution in [2.45, 2.75) is 12.7 Å². The molecule has 102 valence electrons. The lowest BCUT2D eigenvalue weighted by atomic mass is 10.2. The van der Waals surface area contributed by atoms with E-state index in [1.165, 1.54) is 12.3 Å². The Morgan fingerprint density at radius 2 is 2.26 bits per heavy atom. The van der Waals surface area contributed by atoms with Crippen LogP contribution >= 0.6 is 0 Å². The van der Waals surface area contributed by atoms with Gasteiger partial charge in [0.15, 0.2) is 0 Å². The molecule has 19 heavy (non-hydrogen) atoms. The summed E-state index contributed by atoms with van der Waals surface area (Å²) >= 11 is 0. The minimum absolute atomic E-state index is 0.105. The maximum Gasteiger partial charge on any atom is 0.419 e. The molecule has 0 fully saturated rings. The van der Waals surface area contributed by atoms with Gasteiger partial charge in [-0.15, -0.1) is 0 Å². The van der Waals surface area contributed by atoms with Crippen LogP contribution in [0, 0.1) is 0 Å². The fraction of sp³-hybridized carbons (Fsp3) is 0.200. The summed E-state index contributed by atoms with van der Waals surface area (Å²) in [4.78, 5) is 11.3. The molecule has 0 aliphatic rings. The highest BCUT2D eigenvalue weighted by molar-refractivity contribution is 5.94. The maximum atomic E-state index is 12.4. The standard InChI is InChI=1S/C10H9F3N4O2/c11-10(12,13)6-3-15-17(4-6)5-8-7(1-2-19-8)9(18)16-14/h1-4H,5,14H2,(H,16,18). The number of alkyl halides is 3. The molecule has 0 atom stereocenters. The highest BCUT2D eigenvalue weighted by Gasteiger charge is 2.32. The molecule has 0 bridgehead atoms. The van der Waals surface area contributed by atoms with Crippen LogP contribution < -0.4 is 11.3 Å². The van der Waals surface area contributed by atoms with Gasteiger partial charge in [0.2, 0.25) is 0 Å². The molecule has 0 saturated carbocycles. The number of halogens is 3.